The van der Waals surface area contributed by atoms with Crippen LogP contribution in [0.5, 0.6) is 0 Å². The lowest BCUT2D eigenvalue weighted by atomic mass is 10.2. The number of halogens is 2. The lowest BCUT2D eigenvalue weighted by Crippen LogP contribution is -2.36. The van der Waals surface area contributed by atoms with Crippen LogP contribution in [0.25, 0.3) is 0 Å². The average molecular weight is 217 g/mol. The molecule has 0 aliphatic rings. The maximum absolute atomic E-state index is 13.1. The number of benzene rings is 1. The van der Waals surface area contributed by atoms with Gasteiger partial charge in [-0.3, -0.25) is 10.2 Å². The number of hydrogen-bond acceptors (Lipinski definition) is 2. The minimum atomic E-state index is -0.589. The molecule has 0 aliphatic carbocycles. The zero-order valence-corrected chi connectivity index (χ0v) is 8.60. The molecule has 1 rings (SSSR count). The summed E-state index contributed by atoms with van der Waals surface area (Å²) in [4.78, 5) is 11.4. The predicted octanol–water partition coefficient (Wildman–Crippen LogP) is 1.69. The van der Waals surface area contributed by atoms with Crippen LogP contribution < -0.4 is 5.43 Å². The number of nitrogens with zero attached hydrogens (tertiary/aromatic N) is 1. The van der Waals surface area contributed by atoms with E-state index in [-0.39, 0.29) is 5.56 Å². The number of carbonyl (C=O) groups is 1. The van der Waals surface area contributed by atoms with Crippen LogP contribution in [0, 0.1) is 5.82 Å². The van der Waals surface area contributed by atoms with E-state index in [1.807, 2.05) is 0 Å². The Labute approximate surface area is 86.4 Å². The molecule has 0 saturated heterocycles. The molecule has 1 aromatic carbocycles. The molecule has 0 fully saturated rings. The first-order valence-corrected chi connectivity index (χ1v) is 4.32. The van der Waals surface area contributed by atoms with Gasteiger partial charge in [0.05, 0.1) is 5.56 Å². The number of amides is 1. The van der Waals surface area contributed by atoms with Crippen LogP contribution in [0.1, 0.15) is 10.4 Å². The number of hydrogen-bond donors (Lipinski definition) is 1. The molecular weight excluding hydrogens is 207 g/mol. The second-order valence-corrected chi connectivity index (χ2v) is 3.40. The van der Waals surface area contributed by atoms with Gasteiger partial charge < -0.3 is 0 Å². The Bertz CT molecular complexity index is 355. The number of nitrogens with one attached hydrogen (secondary N) is 1. The molecule has 1 N–H and O–H groups in total. The van der Waals surface area contributed by atoms with Crippen LogP contribution >= 0.6 is 11.6 Å². The lowest BCUT2D eigenvalue weighted by molar-refractivity contribution is 0.0852. The number of hydrazine groups is 1. The van der Waals surface area contributed by atoms with Gasteiger partial charge in [0.1, 0.15) is 5.82 Å². The predicted molar refractivity (Wildman–Crippen MR) is 52.6 cm³/mol. The minimum absolute atomic E-state index is 0.0637. The Balaban J connectivity index is 2.94. The van der Waals surface area contributed by atoms with Crippen LogP contribution in [0.3, 0.4) is 0 Å². The zero-order chi connectivity index (χ0) is 10.7. The summed E-state index contributed by atoms with van der Waals surface area (Å²) in [6.45, 7) is 0. The summed E-state index contributed by atoms with van der Waals surface area (Å²) in [7, 11) is 3.28. The van der Waals surface area contributed by atoms with Gasteiger partial charge in [-0.2, -0.15) is 0 Å². The normalized spacial score (nSPS) is 10.4. The van der Waals surface area contributed by atoms with E-state index in [1.54, 1.807) is 14.1 Å². The van der Waals surface area contributed by atoms with Crippen molar-refractivity contribution in [2.75, 3.05) is 14.1 Å². The summed E-state index contributed by atoms with van der Waals surface area (Å²) in [5.41, 5.74) is 2.36. The van der Waals surface area contributed by atoms with Gasteiger partial charge in [-0.05, 0) is 18.2 Å². The first-order chi connectivity index (χ1) is 6.50. The Morgan fingerprint density at radius 3 is 2.71 bits per heavy atom. The zero-order valence-electron chi connectivity index (χ0n) is 7.84. The largest absolute Gasteiger partial charge is 0.285 e. The van der Waals surface area contributed by atoms with Crippen LogP contribution in [0.15, 0.2) is 18.2 Å². The molecule has 1 aromatic rings. The van der Waals surface area contributed by atoms with E-state index in [1.165, 1.54) is 17.1 Å². The molecule has 0 heterocycles. The van der Waals surface area contributed by atoms with E-state index < -0.39 is 11.7 Å². The van der Waals surface area contributed by atoms with Gasteiger partial charge >= 0.3 is 0 Å². The molecule has 0 unspecified atom stereocenters. The van der Waals surface area contributed by atoms with Crippen molar-refractivity contribution < 1.29 is 9.18 Å². The molecule has 0 atom stereocenters. The van der Waals surface area contributed by atoms with Gasteiger partial charge in [0.15, 0.2) is 0 Å². The van der Waals surface area contributed by atoms with E-state index >= 15 is 0 Å². The number of rotatable bonds is 2. The van der Waals surface area contributed by atoms with Gasteiger partial charge in [0.25, 0.3) is 5.91 Å². The monoisotopic (exact) mass is 216 g/mol. The molecular formula is C9H10ClFN2O. The molecule has 0 aromatic heterocycles. The summed E-state index contributed by atoms with van der Waals surface area (Å²) in [5.74, 6) is -1.11. The van der Waals surface area contributed by atoms with E-state index in [4.69, 9.17) is 11.6 Å². The Morgan fingerprint density at radius 1 is 1.50 bits per heavy atom. The summed E-state index contributed by atoms with van der Waals surface area (Å²) >= 11 is 5.64. The number of carbonyl (C=O) groups excluding carboxylic acids is 1. The maximum Gasteiger partial charge on any atom is 0.268 e. The van der Waals surface area contributed by atoms with Crippen molar-refractivity contribution in [3.8, 4) is 0 Å². The van der Waals surface area contributed by atoms with Crippen molar-refractivity contribution in [2.45, 2.75) is 0 Å². The lowest BCUT2D eigenvalue weighted by Gasteiger charge is -2.12. The topological polar surface area (TPSA) is 32.3 Å². The quantitative estimate of drug-likeness (QED) is 0.763. The second-order valence-electron chi connectivity index (χ2n) is 2.96. The third-order valence-electron chi connectivity index (χ3n) is 1.50. The van der Waals surface area contributed by atoms with Crippen molar-refractivity contribution in [2.24, 2.45) is 0 Å². The van der Waals surface area contributed by atoms with Crippen molar-refractivity contribution in [1.82, 2.24) is 10.4 Å². The highest BCUT2D eigenvalue weighted by molar-refractivity contribution is 6.30. The van der Waals surface area contributed by atoms with Gasteiger partial charge in [0.2, 0.25) is 0 Å². The van der Waals surface area contributed by atoms with Crippen LogP contribution in [0.4, 0.5) is 4.39 Å². The third-order valence-corrected chi connectivity index (χ3v) is 1.73. The third kappa shape index (κ3) is 2.68. The highest BCUT2D eigenvalue weighted by Gasteiger charge is 2.12. The molecule has 14 heavy (non-hydrogen) atoms. The van der Waals surface area contributed by atoms with Gasteiger partial charge in [0, 0.05) is 19.1 Å². The van der Waals surface area contributed by atoms with Crippen molar-refractivity contribution >= 4 is 17.5 Å². The Kier molecular flexibility index (Phi) is 3.43. The standard InChI is InChI=1S/C9H10ClFN2O/c1-13(2)12-9(14)7-5-6(10)3-4-8(7)11/h3-5H,1-2H3,(H,12,14). The average Bonchev–Trinajstić information content (AvgIpc) is 2.08. The Hall–Kier alpha value is -1.13. The van der Waals surface area contributed by atoms with Crippen molar-refractivity contribution in [3.05, 3.63) is 34.6 Å². The fourth-order valence-corrected chi connectivity index (χ4v) is 1.11. The summed E-state index contributed by atoms with van der Waals surface area (Å²) < 4.78 is 13.1. The van der Waals surface area contributed by atoms with Gasteiger partial charge in [-0.25, -0.2) is 9.40 Å². The Morgan fingerprint density at radius 2 is 2.14 bits per heavy atom. The molecule has 0 bridgehead atoms. The van der Waals surface area contributed by atoms with Gasteiger partial charge in [-0.1, -0.05) is 11.6 Å². The van der Waals surface area contributed by atoms with E-state index in [0.717, 1.165) is 6.07 Å². The highest BCUT2D eigenvalue weighted by Crippen LogP contribution is 2.14. The maximum atomic E-state index is 13.1. The molecule has 5 heteroatoms. The minimum Gasteiger partial charge on any atom is -0.285 e. The SMILES string of the molecule is CN(C)NC(=O)c1cc(Cl)ccc1F. The fraction of sp³-hybridized carbons (Fsp3) is 0.222. The first kappa shape index (κ1) is 10.9. The summed E-state index contributed by atoms with van der Waals surface area (Å²) in [6.07, 6.45) is 0. The first-order valence-electron chi connectivity index (χ1n) is 3.94. The van der Waals surface area contributed by atoms with Gasteiger partial charge in [-0.15, -0.1) is 0 Å². The molecule has 0 radical (unpaired) electrons. The van der Waals surface area contributed by atoms with E-state index in [9.17, 15) is 9.18 Å². The molecule has 0 spiro atoms. The summed E-state index contributed by atoms with van der Waals surface area (Å²) in [6, 6.07) is 3.84. The van der Waals surface area contributed by atoms with E-state index in [0.29, 0.717) is 5.02 Å². The molecule has 0 saturated carbocycles. The van der Waals surface area contributed by atoms with E-state index in [2.05, 4.69) is 5.43 Å². The van der Waals surface area contributed by atoms with Crippen LogP contribution in [-0.2, 0) is 0 Å². The highest BCUT2D eigenvalue weighted by atomic mass is 35.5. The molecule has 0 aliphatic heterocycles. The molecule has 1 amide bonds. The molecule has 76 valence electrons. The van der Waals surface area contributed by atoms with Crippen LogP contribution in [-0.4, -0.2) is 25.0 Å². The van der Waals surface area contributed by atoms with Crippen molar-refractivity contribution in [1.29, 1.82) is 0 Å². The summed E-state index contributed by atoms with van der Waals surface area (Å²) in [5, 5.41) is 1.76. The molecule has 3 nitrogen and oxygen atoms in total. The van der Waals surface area contributed by atoms with Crippen LogP contribution in [0.2, 0.25) is 5.02 Å². The smallest absolute Gasteiger partial charge is 0.268 e. The fourth-order valence-electron chi connectivity index (χ4n) is 0.935. The van der Waals surface area contributed by atoms with Crippen molar-refractivity contribution in [3.63, 3.8) is 0 Å². The second kappa shape index (κ2) is 4.39.